The van der Waals surface area contributed by atoms with E-state index in [9.17, 15) is 18.0 Å². The molecule has 0 saturated carbocycles. The number of hydrogen-bond donors (Lipinski definition) is 2. The van der Waals surface area contributed by atoms with Gasteiger partial charge in [0, 0.05) is 4.90 Å². The molecule has 8 heteroatoms. The third kappa shape index (κ3) is 7.06. The Kier molecular flexibility index (Phi) is 9.48. The van der Waals surface area contributed by atoms with Crippen molar-refractivity contribution in [3.63, 3.8) is 0 Å². The van der Waals surface area contributed by atoms with Crippen LogP contribution in [0, 0.1) is 5.82 Å². The zero-order chi connectivity index (χ0) is 15.1. The number of rotatable bonds is 7. The third-order valence-electron chi connectivity index (χ3n) is 2.50. The largest absolute Gasteiger partial charge is 0.324 e. The second kappa shape index (κ2) is 9.92. The summed E-state index contributed by atoms with van der Waals surface area (Å²) in [5.74, 6) is -1.42. The molecular weight excluding hydrogens is 325 g/mol. The Balaban J connectivity index is 0.00000400. The number of carbonyl (C=O) groups is 1. The third-order valence-corrected chi connectivity index (χ3v) is 3.59. The van der Waals surface area contributed by atoms with Gasteiger partial charge in [0.2, 0.25) is 12.3 Å². The van der Waals surface area contributed by atoms with Gasteiger partial charge in [0.1, 0.15) is 5.82 Å². The molecule has 3 nitrogen and oxygen atoms in total. The summed E-state index contributed by atoms with van der Waals surface area (Å²) in [7, 11) is 0. The molecule has 1 amide bonds. The fraction of sp³-hybridized carbons (Fsp3) is 0.462. The molecule has 0 aliphatic carbocycles. The molecule has 0 bridgehead atoms. The highest BCUT2D eigenvalue weighted by Gasteiger charge is 2.15. The van der Waals surface area contributed by atoms with Crippen LogP contribution in [0.1, 0.15) is 19.8 Å². The maximum atomic E-state index is 13.2. The number of nitrogens with one attached hydrogen (secondary N) is 1. The number of alkyl halides is 2. The maximum Gasteiger partial charge on any atom is 0.247 e. The molecule has 0 aliphatic heterocycles. The highest BCUT2D eigenvalue weighted by molar-refractivity contribution is 7.99. The predicted molar refractivity (Wildman–Crippen MR) is 81.9 cm³/mol. The molecule has 1 aromatic rings. The molecule has 0 radical (unpaired) electrons. The number of benzene rings is 1. The smallest absolute Gasteiger partial charge is 0.247 e. The van der Waals surface area contributed by atoms with Crippen LogP contribution in [0.3, 0.4) is 0 Å². The van der Waals surface area contributed by atoms with Crippen LogP contribution in [-0.4, -0.2) is 24.1 Å². The number of anilines is 1. The van der Waals surface area contributed by atoms with Crippen molar-refractivity contribution in [2.45, 2.75) is 37.1 Å². The van der Waals surface area contributed by atoms with Crippen molar-refractivity contribution in [1.82, 2.24) is 0 Å². The standard InChI is InChI=1S/C13H17F3N2OS.ClH/c1-2-3-9(17)13(19)18-10-6-8(14)4-5-11(10)20-7-12(15)16;/h4-6,9,12H,2-3,7,17H2,1H3,(H,18,19);1H. The molecule has 21 heavy (non-hydrogen) atoms. The van der Waals surface area contributed by atoms with Gasteiger partial charge < -0.3 is 11.1 Å². The minimum Gasteiger partial charge on any atom is -0.324 e. The molecule has 0 saturated heterocycles. The van der Waals surface area contributed by atoms with E-state index in [1.165, 1.54) is 6.07 Å². The lowest BCUT2D eigenvalue weighted by molar-refractivity contribution is -0.117. The predicted octanol–water partition coefficient (Wildman–Crippen LogP) is 3.67. The second-order valence-corrected chi connectivity index (χ2v) is 5.29. The average Bonchev–Trinajstić information content (AvgIpc) is 2.37. The lowest BCUT2D eigenvalue weighted by Crippen LogP contribution is -2.35. The topological polar surface area (TPSA) is 55.1 Å². The summed E-state index contributed by atoms with van der Waals surface area (Å²) in [6.07, 6.45) is -1.23. The molecule has 1 unspecified atom stereocenters. The Hall–Kier alpha value is -0.920. The second-order valence-electron chi connectivity index (χ2n) is 4.23. The van der Waals surface area contributed by atoms with Gasteiger partial charge in [-0.25, -0.2) is 13.2 Å². The van der Waals surface area contributed by atoms with Crippen molar-refractivity contribution in [3.8, 4) is 0 Å². The highest BCUT2D eigenvalue weighted by atomic mass is 35.5. The van der Waals surface area contributed by atoms with E-state index in [0.29, 0.717) is 11.3 Å². The highest BCUT2D eigenvalue weighted by Crippen LogP contribution is 2.29. The minimum atomic E-state index is -2.48. The Bertz CT molecular complexity index is 463. The van der Waals surface area contributed by atoms with Crippen LogP contribution in [0.5, 0.6) is 0 Å². The van der Waals surface area contributed by atoms with E-state index in [1.54, 1.807) is 0 Å². The average molecular weight is 343 g/mol. The van der Waals surface area contributed by atoms with Crippen molar-refractivity contribution >= 4 is 35.8 Å². The van der Waals surface area contributed by atoms with Gasteiger partial charge in [-0.05, 0) is 24.6 Å². The van der Waals surface area contributed by atoms with Crippen LogP contribution in [0.15, 0.2) is 23.1 Å². The van der Waals surface area contributed by atoms with Gasteiger partial charge in [-0.2, -0.15) is 0 Å². The van der Waals surface area contributed by atoms with Gasteiger partial charge in [-0.3, -0.25) is 4.79 Å². The van der Waals surface area contributed by atoms with Crippen LogP contribution in [0.4, 0.5) is 18.9 Å². The normalized spacial score (nSPS) is 11.9. The molecule has 1 atom stereocenters. The molecule has 0 heterocycles. The van der Waals surface area contributed by atoms with Gasteiger partial charge in [0.05, 0.1) is 17.5 Å². The first kappa shape index (κ1) is 20.1. The molecule has 1 rings (SSSR count). The Morgan fingerprint density at radius 3 is 2.67 bits per heavy atom. The summed E-state index contributed by atoms with van der Waals surface area (Å²) in [6.45, 7) is 1.89. The summed E-state index contributed by atoms with van der Waals surface area (Å²) in [5, 5.41) is 2.49. The Morgan fingerprint density at radius 2 is 2.10 bits per heavy atom. The zero-order valence-electron chi connectivity index (χ0n) is 11.4. The van der Waals surface area contributed by atoms with Crippen molar-refractivity contribution in [1.29, 1.82) is 0 Å². The monoisotopic (exact) mass is 342 g/mol. The first-order chi connectivity index (χ1) is 9.43. The minimum absolute atomic E-state index is 0. The Morgan fingerprint density at radius 1 is 1.43 bits per heavy atom. The van der Waals surface area contributed by atoms with Gasteiger partial charge in [0.25, 0.3) is 0 Å². The molecule has 0 fully saturated rings. The van der Waals surface area contributed by atoms with Crippen LogP contribution in [0.2, 0.25) is 0 Å². The Labute approximate surface area is 132 Å². The van der Waals surface area contributed by atoms with Crippen LogP contribution >= 0.6 is 24.2 Å². The maximum absolute atomic E-state index is 13.2. The number of nitrogens with two attached hydrogens (primary N) is 1. The molecule has 3 N–H and O–H groups in total. The summed E-state index contributed by atoms with van der Waals surface area (Å²) in [4.78, 5) is 12.2. The molecule has 120 valence electrons. The van der Waals surface area contributed by atoms with Crippen LogP contribution < -0.4 is 11.1 Å². The van der Waals surface area contributed by atoms with E-state index in [0.717, 1.165) is 30.3 Å². The van der Waals surface area contributed by atoms with Gasteiger partial charge in [-0.1, -0.05) is 13.3 Å². The fourth-order valence-corrected chi connectivity index (χ4v) is 2.28. The summed E-state index contributed by atoms with van der Waals surface area (Å²) < 4.78 is 37.6. The lowest BCUT2D eigenvalue weighted by atomic mass is 10.1. The lowest BCUT2D eigenvalue weighted by Gasteiger charge is -2.14. The van der Waals surface area contributed by atoms with Crippen molar-refractivity contribution in [2.24, 2.45) is 5.73 Å². The van der Waals surface area contributed by atoms with Gasteiger partial charge in [-0.15, -0.1) is 24.2 Å². The summed E-state index contributed by atoms with van der Waals surface area (Å²) in [5.41, 5.74) is 5.83. The van der Waals surface area contributed by atoms with E-state index in [1.807, 2.05) is 6.92 Å². The van der Waals surface area contributed by atoms with Crippen molar-refractivity contribution < 1.29 is 18.0 Å². The van der Waals surface area contributed by atoms with Crippen molar-refractivity contribution in [3.05, 3.63) is 24.0 Å². The first-order valence-corrected chi connectivity index (χ1v) is 7.19. The van der Waals surface area contributed by atoms with Gasteiger partial charge in [0.15, 0.2) is 0 Å². The number of carbonyl (C=O) groups excluding carboxylic acids is 1. The van der Waals surface area contributed by atoms with E-state index in [2.05, 4.69) is 5.32 Å². The fourth-order valence-electron chi connectivity index (χ4n) is 1.55. The van der Waals surface area contributed by atoms with E-state index in [-0.39, 0.29) is 18.1 Å². The van der Waals surface area contributed by atoms with E-state index < -0.39 is 29.9 Å². The SMILES string of the molecule is CCCC(N)C(=O)Nc1cc(F)ccc1SCC(F)F.Cl. The molecule has 0 spiro atoms. The molecular formula is C13H18ClF3N2OS. The van der Waals surface area contributed by atoms with E-state index >= 15 is 0 Å². The van der Waals surface area contributed by atoms with E-state index in [4.69, 9.17) is 5.73 Å². The molecule has 0 aliphatic rings. The number of thioether (sulfide) groups is 1. The number of hydrogen-bond acceptors (Lipinski definition) is 3. The summed E-state index contributed by atoms with van der Waals surface area (Å²) in [6, 6.07) is 2.93. The first-order valence-electron chi connectivity index (χ1n) is 6.21. The van der Waals surface area contributed by atoms with Gasteiger partial charge >= 0.3 is 0 Å². The van der Waals surface area contributed by atoms with Crippen molar-refractivity contribution in [2.75, 3.05) is 11.1 Å². The number of halogens is 4. The molecule has 1 aromatic carbocycles. The quantitative estimate of drug-likeness (QED) is 0.743. The van der Waals surface area contributed by atoms with Crippen LogP contribution in [-0.2, 0) is 4.79 Å². The van der Waals surface area contributed by atoms with Crippen LogP contribution in [0.25, 0.3) is 0 Å². The number of amides is 1. The zero-order valence-corrected chi connectivity index (χ0v) is 13.1. The summed E-state index contributed by atoms with van der Waals surface area (Å²) >= 11 is 0.859. The molecule has 0 aromatic heterocycles.